The summed E-state index contributed by atoms with van der Waals surface area (Å²) in [7, 11) is 3.91. The second kappa shape index (κ2) is 10.2. The standard InChI is InChI=1S/C32H27ClN2O4/c1-34(2)16-17-35-28(22-7-5-8-24(18-22)38-19-20-10-13-23(33)14-11-20)27-29(36)26-15-12-21-6-3-4-9-25(21)30(26)39-31(27)32(35)37/h3-15,18,28H,16-17,19H2,1-2H3. The molecule has 2 heterocycles. The molecule has 1 aliphatic rings. The zero-order valence-electron chi connectivity index (χ0n) is 21.7. The Bertz CT molecular complexity index is 1760. The fourth-order valence-corrected chi connectivity index (χ4v) is 5.28. The van der Waals surface area contributed by atoms with Crippen molar-refractivity contribution in [3.63, 3.8) is 0 Å². The Labute approximate surface area is 231 Å². The fraction of sp³-hybridized carbons (Fsp3) is 0.188. The van der Waals surface area contributed by atoms with E-state index in [1.807, 2.05) is 97.9 Å². The van der Waals surface area contributed by atoms with Gasteiger partial charge >= 0.3 is 0 Å². The third kappa shape index (κ3) is 4.67. The Kier molecular flexibility index (Phi) is 6.59. The Morgan fingerprint density at radius 3 is 2.51 bits per heavy atom. The molecule has 4 aromatic carbocycles. The molecule has 0 N–H and O–H groups in total. The van der Waals surface area contributed by atoms with Gasteiger partial charge in [-0.15, -0.1) is 0 Å². The van der Waals surface area contributed by atoms with Gasteiger partial charge in [0.1, 0.15) is 17.9 Å². The minimum Gasteiger partial charge on any atom is -0.489 e. The van der Waals surface area contributed by atoms with Crippen LogP contribution in [0.2, 0.25) is 5.02 Å². The van der Waals surface area contributed by atoms with Crippen molar-refractivity contribution in [2.24, 2.45) is 0 Å². The van der Waals surface area contributed by atoms with Crippen LogP contribution in [0.3, 0.4) is 0 Å². The molecule has 1 atom stereocenters. The summed E-state index contributed by atoms with van der Waals surface area (Å²) in [5.74, 6) is 0.475. The van der Waals surface area contributed by atoms with Crippen LogP contribution in [0.1, 0.15) is 33.3 Å². The molecule has 1 unspecified atom stereocenters. The predicted molar refractivity (Wildman–Crippen MR) is 154 cm³/mol. The van der Waals surface area contributed by atoms with Crippen LogP contribution in [0.5, 0.6) is 5.75 Å². The van der Waals surface area contributed by atoms with Crippen LogP contribution in [0.25, 0.3) is 21.7 Å². The monoisotopic (exact) mass is 538 g/mol. The summed E-state index contributed by atoms with van der Waals surface area (Å²) >= 11 is 6.00. The first kappa shape index (κ1) is 25.2. The van der Waals surface area contributed by atoms with Crippen molar-refractivity contribution < 1.29 is 13.9 Å². The molecule has 0 saturated carbocycles. The molecule has 0 fully saturated rings. The maximum absolute atomic E-state index is 14.0. The molecule has 7 heteroatoms. The number of carbonyl (C=O) groups excluding carboxylic acids is 1. The van der Waals surface area contributed by atoms with Crippen LogP contribution in [0, 0.1) is 0 Å². The number of halogens is 1. The lowest BCUT2D eigenvalue weighted by atomic mass is 9.97. The SMILES string of the molecule is CN(C)CCN1C(=O)c2oc3c(ccc4ccccc43)c(=O)c2C1c1cccc(OCc2ccc(Cl)cc2)c1. The van der Waals surface area contributed by atoms with E-state index in [1.165, 1.54) is 0 Å². The number of hydrogen-bond donors (Lipinski definition) is 0. The summed E-state index contributed by atoms with van der Waals surface area (Å²) in [6.45, 7) is 1.44. The first-order chi connectivity index (χ1) is 18.9. The molecular formula is C32H27ClN2O4. The lowest BCUT2D eigenvalue weighted by molar-refractivity contribution is 0.0716. The highest BCUT2D eigenvalue weighted by atomic mass is 35.5. The molecule has 0 aliphatic carbocycles. The lowest BCUT2D eigenvalue weighted by Gasteiger charge is -2.26. The van der Waals surface area contributed by atoms with Crippen LogP contribution in [0.4, 0.5) is 0 Å². The van der Waals surface area contributed by atoms with Gasteiger partial charge in [0.25, 0.3) is 5.91 Å². The molecule has 1 aliphatic heterocycles. The van der Waals surface area contributed by atoms with E-state index in [4.69, 9.17) is 20.8 Å². The second-order valence-electron chi connectivity index (χ2n) is 10.0. The van der Waals surface area contributed by atoms with E-state index in [0.717, 1.165) is 21.9 Å². The number of ether oxygens (including phenoxy) is 1. The molecule has 6 nitrogen and oxygen atoms in total. The van der Waals surface area contributed by atoms with Gasteiger partial charge in [-0.1, -0.05) is 66.2 Å². The minimum absolute atomic E-state index is 0.111. The maximum Gasteiger partial charge on any atom is 0.290 e. The molecule has 1 aromatic heterocycles. The number of rotatable bonds is 7. The summed E-state index contributed by atoms with van der Waals surface area (Å²) in [5, 5.41) is 2.89. The van der Waals surface area contributed by atoms with Crippen LogP contribution in [0.15, 0.2) is 94.1 Å². The number of amides is 1. The van der Waals surface area contributed by atoms with Gasteiger partial charge in [-0.25, -0.2) is 0 Å². The highest BCUT2D eigenvalue weighted by Gasteiger charge is 2.42. The summed E-state index contributed by atoms with van der Waals surface area (Å²) in [4.78, 5) is 31.5. The average molecular weight is 539 g/mol. The predicted octanol–water partition coefficient (Wildman–Crippen LogP) is 6.29. The number of fused-ring (bicyclic) bond motifs is 4. The van der Waals surface area contributed by atoms with Gasteiger partial charge < -0.3 is 19.0 Å². The highest BCUT2D eigenvalue weighted by molar-refractivity contribution is 6.30. The maximum atomic E-state index is 14.0. The first-order valence-electron chi connectivity index (χ1n) is 12.8. The molecular weight excluding hydrogens is 512 g/mol. The van der Waals surface area contributed by atoms with E-state index in [2.05, 4.69) is 0 Å². The molecule has 0 saturated heterocycles. The van der Waals surface area contributed by atoms with E-state index in [0.29, 0.717) is 47.0 Å². The summed E-state index contributed by atoms with van der Waals surface area (Å²) in [5.41, 5.74) is 2.41. The molecule has 5 aromatic rings. The Morgan fingerprint density at radius 2 is 1.72 bits per heavy atom. The molecule has 196 valence electrons. The van der Waals surface area contributed by atoms with Crippen molar-refractivity contribution in [3.05, 3.63) is 123 Å². The average Bonchev–Trinajstić information content (AvgIpc) is 3.23. The normalized spacial score (nSPS) is 14.9. The summed E-state index contributed by atoms with van der Waals surface area (Å²) in [6.07, 6.45) is 0. The molecule has 0 bridgehead atoms. The van der Waals surface area contributed by atoms with E-state index in [9.17, 15) is 9.59 Å². The van der Waals surface area contributed by atoms with Crippen molar-refractivity contribution in [3.8, 4) is 5.75 Å². The van der Waals surface area contributed by atoms with Crippen LogP contribution >= 0.6 is 11.6 Å². The first-order valence-corrected chi connectivity index (χ1v) is 13.2. The van der Waals surface area contributed by atoms with Gasteiger partial charge in [-0.3, -0.25) is 9.59 Å². The zero-order valence-corrected chi connectivity index (χ0v) is 22.4. The number of carbonyl (C=O) groups is 1. The smallest absolute Gasteiger partial charge is 0.290 e. The topological polar surface area (TPSA) is 63.0 Å². The quantitative estimate of drug-likeness (QED) is 0.228. The molecule has 0 radical (unpaired) electrons. The van der Waals surface area contributed by atoms with Crippen molar-refractivity contribution >= 4 is 39.2 Å². The van der Waals surface area contributed by atoms with Crippen molar-refractivity contribution in [2.45, 2.75) is 12.6 Å². The molecule has 0 spiro atoms. The molecule has 6 rings (SSSR count). The van der Waals surface area contributed by atoms with Gasteiger partial charge in [0.05, 0.1) is 17.0 Å². The summed E-state index contributed by atoms with van der Waals surface area (Å²) < 4.78 is 12.4. The van der Waals surface area contributed by atoms with Crippen LogP contribution in [-0.4, -0.2) is 42.9 Å². The minimum atomic E-state index is -0.585. The van der Waals surface area contributed by atoms with E-state index in [1.54, 1.807) is 11.0 Å². The highest BCUT2D eigenvalue weighted by Crippen LogP contribution is 2.40. The number of hydrogen-bond acceptors (Lipinski definition) is 5. The van der Waals surface area contributed by atoms with Crippen molar-refractivity contribution in [1.82, 2.24) is 9.80 Å². The van der Waals surface area contributed by atoms with Crippen molar-refractivity contribution in [2.75, 3.05) is 27.2 Å². The molecule has 1 amide bonds. The number of nitrogens with zero attached hydrogens (tertiary/aromatic N) is 2. The van der Waals surface area contributed by atoms with Gasteiger partial charge in [0, 0.05) is 23.5 Å². The van der Waals surface area contributed by atoms with Gasteiger partial charge in [0.15, 0.2) is 5.43 Å². The zero-order chi connectivity index (χ0) is 27.1. The Hall–Kier alpha value is -4.13. The third-order valence-corrected chi connectivity index (χ3v) is 7.39. The van der Waals surface area contributed by atoms with Crippen LogP contribution in [-0.2, 0) is 6.61 Å². The third-order valence-electron chi connectivity index (χ3n) is 7.14. The fourth-order valence-electron chi connectivity index (χ4n) is 5.15. The number of likely N-dealkylation sites (N-methyl/N-ethyl adjacent to an activating group) is 1. The van der Waals surface area contributed by atoms with E-state index < -0.39 is 6.04 Å². The summed E-state index contributed by atoms with van der Waals surface area (Å²) in [6, 6.07) is 25.9. The van der Waals surface area contributed by atoms with Crippen LogP contribution < -0.4 is 10.2 Å². The Morgan fingerprint density at radius 1 is 0.923 bits per heavy atom. The molecule has 39 heavy (non-hydrogen) atoms. The lowest BCUT2D eigenvalue weighted by Crippen LogP contribution is -2.35. The number of benzene rings is 4. The van der Waals surface area contributed by atoms with Crippen molar-refractivity contribution in [1.29, 1.82) is 0 Å². The van der Waals surface area contributed by atoms with Gasteiger partial charge in [-0.05, 0) is 60.9 Å². The Balaban J connectivity index is 1.45. The largest absolute Gasteiger partial charge is 0.489 e. The van der Waals surface area contributed by atoms with Gasteiger partial charge in [-0.2, -0.15) is 0 Å². The van der Waals surface area contributed by atoms with E-state index in [-0.39, 0.29) is 17.1 Å². The van der Waals surface area contributed by atoms with E-state index >= 15 is 0 Å². The second-order valence-corrected chi connectivity index (χ2v) is 10.5. The van der Waals surface area contributed by atoms with Gasteiger partial charge in [0.2, 0.25) is 5.76 Å².